The van der Waals surface area contributed by atoms with Crippen molar-refractivity contribution < 1.29 is 13.3 Å². The van der Waals surface area contributed by atoms with Crippen molar-refractivity contribution in [3.05, 3.63) is 36.2 Å². The summed E-state index contributed by atoms with van der Waals surface area (Å²) in [5.41, 5.74) is 3.18. The highest BCUT2D eigenvalue weighted by Gasteiger charge is 2.39. The molecular formula is C18H28N2O3SSi. The molecule has 0 spiro atoms. The number of hydrogen-bond donors (Lipinski definition) is 0. The third-order valence-corrected chi connectivity index (χ3v) is 7.93. The molecule has 1 aromatic heterocycles. The van der Waals surface area contributed by atoms with Crippen LogP contribution < -0.4 is 0 Å². The minimum absolute atomic E-state index is 0.636. The van der Waals surface area contributed by atoms with Crippen LogP contribution in [0.25, 0.3) is 11.0 Å². The molecule has 0 fully saturated rings. The molecule has 0 N–H and O–H groups in total. The number of nitrogens with zero attached hydrogens (tertiary/aromatic N) is 2. The summed E-state index contributed by atoms with van der Waals surface area (Å²) in [6.07, 6.45) is 4.49. The molecule has 0 radical (unpaired) electrons. The molecule has 1 aromatic carbocycles. The normalized spacial score (nSPS) is 12.0. The van der Waals surface area contributed by atoms with Gasteiger partial charge in [0, 0.05) is 44.0 Å². The summed E-state index contributed by atoms with van der Waals surface area (Å²) in [6, 6.07) is 7.16. The summed E-state index contributed by atoms with van der Waals surface area (Å²) in [5, 5.41) is 0. The van der Waals surface area contributed by atoms with Crippen LogP contribution in [0.5, 0.6) is 0 Å². The van der Waals surface area contributed by atoms with Gasteiger partial charge >= 0.3 is 8.80 Å². The van der Waals surface area contributed by atoms with Crippen LogP contribution in [0.4, 0.5) is 0 Å². The number of fused-ring (bicyclic) bond motifs is 1. The Kier molecular flexibility index (Phi) is 8.84. The van der Waals surface area contributed by atoms with Gasteiger partial charge in [-0.25, -0.2) is 0 Å². The zero-order valence-corrected chi connectivity index (χ0v) is 17.2. The first-order valence-electron chi connectivity index (χ1n) is 8.92. The number of rotatable bonds is 12. The maximum Gasteiger partial charge on any atom is 0.500 e. The predicted octanol–water partition coefficient (Wildman–Crippen LogP) is 4.30. The van der Waals surface area contributed by atoms with Crippen LogP contribution >= 0.6 is 11.8 Å². The van der Waals surface area contributed by atoms with E-state index in [1.165, 1.54) is 5.56 Å². The molecule has 25 heavy (non-hydrogen) atoms. The SMILES string of the molecule is CCO[Si](CCCSCc1ccc2nccnc2c1)(OCC)OCC. The molecule has 1 heterocycles. The van der Waals surface area contributed by atoms with Crippen LogP contribution in [0.15, 0.2) is 30.6 Å². The average molecular weight is 381 g/mol. The van der Waals surface area contributed by atoms with Crippen LogP contribution in [0, 0.1) is 0 Å². The summed E-state index contributed by atoms with van der Waals surface area (Å²) in [5.74, 6) is 2.03. The number of hydrogen-bond acceptors (Lipinski definition) is 6. The fourth-order valence-electron chi connectivity index (χ4n) is 2.68. The van der Waals surface area contributed by atoms with Gasteiger partial charge in [0.25, 0.3) is 0 Å². The minimum Gasteiger partial charge on any atom is -0.374 e. The van der Waals surface area contributed by atoms with Gasteiger partial charge in [0.15, 0.2) is 0 Å². The first kappa shape index (κ1) is 20.3. The van der Waals surface area contributed by atoms with Crippen molar-refractivity contribution in [2.75, 3.05) is 25.6 Å². The fourth-order valence-corrected chi connectivity index (χ4v) is 6.46. The van der Waals surface area contributed by atoms with Crippen LogP contribution in [-0.2, 0) is 19.0 Å². The summed E-state index contributed by atoms with van der Waals surface area (Å²) >= 11 is 1.92. The third-order valence-electron chi connectivity index (χ3n) is 3.67. The van der Waals surface area contributed by atoms with Gasteiger partial charge in [0.2, 0.25) is 0 Å². The van der Waals surface area contributed by atoms with E-state index in [9.17, 15) is 0 Å². The van der Waals surface area contributed by atoms with E-state index in [0.29, 0.717) is 19.8 Å². The molecule has 0 aliphatic carbocycles. The monoisotopic (exact) mass is 380 g/mol. The predicted molar refractivity (Wildman–Crippen MR) is 106 cm³/mol. The van der Waals surface area contributed by atoms with Crippen molar-refractivity contribution in [1.82, 2.24) is 9.97 Å². The van der Waals surface area contributed by atoms with E-state index in [2.05, 4.69) is 22.1 Å². The van der Waals surface area contributed by atoms with E-state index < -0.39 is 8.80 Å². The molecule has 0 aliphatic heterocycles. The summed E-state index contributed by atoms with van der Waals surface area (Å²) in [7, 11) is -2.49. The molecule has 0 aliphatic rings. The lowest BCUT2D eigenvalue weighted by Gasteiger charge is -2.28. The van der Waals surface area contributed by atoms with E-state index in [-0.39, 0.29) is 0 Å². The van der Waals surface area contributed by atoms with E-state index in [4.69, 9.17) is 13.3 Å². The Bertz CT molecular complexity index is 627. The topological polar surface area (TPSA) is 53.5 Å². The Morgan fingerprint density at radius 3 is 2.20 bits per heavy atom. The van der Waals surface area contributed by atoms with Crippen molar-refractivity contribution in [2.24, 2.45) is 0 Å². The molecule has 0 bridgehead atoms. The fraction of sp³-hybridized carbons (Fsp3) is 0.556. The first-order chi connectivity index (χ1) is 12.2. The maximum atomic E-state index is 5.89. The van der Waals surface area contributed by atoms with Crippen molar-refractivity contribution in [1.29, 1.82) is 0 Å². The Morgan fingerprint density at radius 2 is 1.56 bits per heavy atom. The molecule has 138 valence electrons. The van der Waals surface area contributed by atoms with Gasteiger partial charge in [-0.1, -0.05) is 6.07 Å². The van der Waals surface area contributed by atoms with E-state index >= 15 is 0 Å². The van der Waals surface area contributed by atoms with Gasteiger partial charge in [-0.15, -0.1) is 0 Å². The van der Waals surface area contributed by atoms with Gasteiger partial charge in [0.05, 0.1) is 11.0 Å². The summed E-state index contributed by atoms with van der Waals surface area (Å²) in [6.45, 7) is 7.90. The Hall–Kier alpha value is -0.993. The number of aromatic nitrogens is 2. The summed E-state index contributed by atoms with van der Waals surface area (Å²) < 4.78 is 17.7. The molecule has 0 saturated heterocycles. The van der Waals surface area contributed by atoms with Gasteiger partial charge in [-0.3, -0.25) is 9.97 Å². The molecule has 0 saturated carbocycles. The first-order valence-corrected chi connectivity index (χ1v) is 12.0. The second kappa shape index (κ2) is 10.9. The van der Waals surface area contributed by atoms with E-state index in [1.807, 2.05) is 38.6 Å². The zero-order valence-electron chi connectivity index (χ0n) is 15.4. The zero-order chi connectivity index (χ0) is 18.0. The van der Waals surface area contributed by atoms with Crippen LogP contribution in [-0.4, -0.2) is 44.3 Å². The lowest BCUT2D eigenvalue weighted by Crippen LogP contribution is -2.46. The molecule has 0 atom stereocenters. The number of benzene rings is 1. The largest absolute Gasteiger partial charge is 0.500 e. The second-order valence-corrected chi connectivity index (χ2v) is 9.35. The Morgan fingerprint density at radius 1 is 0.920 bits per heavy atom. The molecule has 2 aromatic rings. The van der Waals surface area contributed by atoms with Crippen LogP contribution in [0.1, 0.15) is 32.8 Å². The summed E-state index contributed by atoms with van der Waals surface area (Å²) in [4.78, 5) is 8.67. The third kappa shape index (κ3) is 6.34. The highest BCUT2D eigenvalue weighted by Crippen LogP contribution is 2.22. The molecule has 0 unspecified atom stereocenters. The minimum atomic E-state index is -2.49. The van der Waals surface area contributed by atoms with E-state index in [0.717, 1.165) is 35.0 Å². The highest BCUT2D eigenvalue weighted by molar-refractivity contribution is 7.98. The lowest BCUT2D eigenvalue weighted by molar-refractivity contribution is 0.0712. The molecular weight excluding hydrogens is 352 g/mol. The van der Waals surface area contributed by atoms with Crippen LogP contribution in [0.2, 0.25) is 6.04 Å². The number of thioether (sulfide) groups is 1. The Labute approximate surface area is 155 Å². The van der Waals surface area contributed by atoms with Gasteiger partial charge in [0.1, 0.15) is 0 Å². The van der Waals surface area contributed by atoms with Crippen LogP contribution in [0.3, 0.4) is 0 Å². The van der Waals surface area contributed by atoms with Crippen molar-refractivity contribution >= 4 is 31.6 Å². The molecule has 7 heteroatoms. The standard InChI is InChI=1S/C18H28N2O3SSi/c1-4-21-25(22-5-2,23-6-3)13-7-12-24-15-16-8-9-17-18(14-16)20-11-10-19-17/h8-11,14H,4-7,12-13,15H2,1-3H3. The van der Waals surface area contributed by atoms with Gasteiger partial charge in [-0.05, 0) is 50.6 Å². The molecule has 0 amide bonds. The molecule has 5 nitrogen and oxygen atoms in total. The van der Waals surface area contributed by atoms with Crippen molar-refractivity contribution in [2.45, 2.75) is 39.0 Å². The lowest BCUT2D eigenvalue weighted by atomic mass is 10.2. The quantitative estimate of drug-likeness (QED) is 0.404. The van der Waals surface area contributed by atoms with Gasteiger partial charge in [-0.2, -0.15) is 11.8 Å². The Balaban J connectivity index is 1.80. The second-order valence-electron chi connectivity index (χ2n) is 5.52. The van der Waals surface area contributed by atoms with Crippen molar-refractivity contribution in [3.63, 3.8) is 0 Å². The van der Waals surface area contributed by atoms with E-state index in [1.54, 1.807) is 12.4 Å². The average Bonchev–Trinajstić information content (AvgIpc) is 2.62. The molecule has 2 rings (SSSR count). The van der Waals surface area contributed by atoms with Gasteiger partial charge < -0.3 is 13.3 Å². The maximum absolute atomic E-state index is 5.89. The van der Waals surface area contributed by atoms with Crippen molar-refractivity contribution in [3.8, 4) is 0 Å². The highest BCUT2D eigenvalue weighted by atomic mass is 32.2. The smallest absolute Gasteiger partial charge is 0.374 e.